The van der Waals surface area contributed by atoms with Gasteiger partial charge in [-0.2, -0.15) is 5.10 Å². The lowest BCUT2D eigenvalue weighted by molar-refractivity contribution is 0.209. The maximum atomic E-state index is 6.07. The Hall–Kier alpha value is -2.12. The summed E-state index contributed by atoms with van der Waals surface area (Å²) in [5, 5.41) is 7.07. The molecule has 0 atom stereocenters. The van der Waals surface area contributed by atoms with Crippen LogP contribution in [0.25, 0.3) is 20.8 Å². The van der Waals surface area contributed by atoms with Crippen molar-refractivity contribution in [1.82, 2.24) is 20.1 Å². The van der Waals surface area contributed by atoms with Crippen LogP contribution in [0.2, 0.25) is 0 Å². The van der Waals surface area contributed by atoms with Gasteiger partial charge in [-0.15, -0.1) is 11.3 Å². The molecule has 0 amide bonds. The molecule has 0 aliphatic carbocycles. The number of hydrogen-bond donors (Lipinski definition) is 2. The molecule has 0 bridgehead atoms. The molecule has 3 aromatic rings. The number of thiophene rings is 1. The van der Waals surface area contributed by atoms with Gasteiger partial charge in [-0.25, -0.2) is 4.98 Å². The molecule has 0 saturated carbocycles. The zero-order valence-corrected chi connectivity index (χ0v) is 14.8. The first kappa shape index (κ1) is 15.4. The van der Waals surface area contributed by atoms with Crippen molar-refractivity contribution in [2.24, 2.45) is 0 Å². The number of rotatable bonds is 3. The minimum atomic E-state index is 0.581. The van der Waals surface area contributed by atoms with Gasteiger partial charge in [-0.1, -0.05) is 0 Å². The SMILES string of the molecule is CC(C)N1CCN(c2cc(N)nc3cc(-c4ccn[nH]4)sc23)CC1. The van der Waals surface area contributed by atoms with Crippen LogP contribution in [0.5, 0.6) is 0 Å². The summed E-state index contributed by atoms with van der Waals surface area (Å²) in [6.07, 6.45) is 1.77. The number of anilines is 2. The zero-order valence-electron chi connectivity index (χ0n) is 14.0. The Labute approximate surface area is 145 Å². The summed E-state index contributed by atoms with van der Waals surface area (Å²) in [5.74, 6) is 0.581. The highest BCUT2D eigenvalue weighted by Gasteiger charge is 2.22. The molecule has 0 aromatic carbocycles. The molecule has 6 nitrogen and oxygen atoms in total. The van der Waals surface area contributed by atoms with Gasteiger partial charge in [-0.3, -0.25) is 10.00 Å². The molecule has 0 spiro atoms. The number of fused-ring (bicyclic) bond motifs is 1. The van der Waals surface area contributed by atoms with Crippen LogP contribution in [0.15, 0.2) is 24.4 Å². The van der Waals surface area contributed by atoms with Crippen molar-refractivity contribution >= 4 is 33.1 Å². The Balaban J connectivity index is 1.70. The van der Waals surface area contributed by atoms with Gasteiger partial charge in [0.15, 0.2) is 0 Å². The maximum absolute atomic E-state index is 6.07. The van der Waals surface area contributed by atoms with Crippen molar-refractivity contribution in [3.8, 4) is 10.6 Å². The second-order valence-electron chi connectivity index (χ2n) is 6.48. The Morgan fingerprint density at radius 3 is 2.67 bits per heavy atom. The van der Waals surface area contributed by atoms with E-state index in [9.17, 15) is 0 Å². The lowest BCUT2D eigenvalue weighted by Crippen LogP contribution is -2.48. The van der Waals surface area contributed by atoms with Crippen LogP contribution in [0.3, 0.4) is 0 Å². The molecular formula is C17H22N6S. The molecule has 7 heteroatoms. The molecule has 1 fully saturated rings. The van der Waals surface area contributed by atoms with Gasteiger partial charge < -0.3 is 10.6 Å². The number of nitrogens with zero attached hydrogens (tertiary/aromatic N) is 4. The van der Waals surface area contributed by atoms with Gasteiger partial charge in [0.25, 0.3) is 0 Å². The smallest absolute Gasteiger partial charge is 0.126 e. The van der Waals surface area contributed by atoms with Gasteiger partial charge in [0.2, 0.25) is 0 Å². The quantitative estimate of drug-likeness (QED) is 0.766. The van der Waals surface area contributed by atoms with Crippen LogP contribution in [-0.2, 0) is 0 Å². The zero-order chi connectivity index (χ0) is 16.7. The number of nitrogens with one attached hydrogen (secondary N) is 1. The van der Waals surface area contributed by atoms with Crippen molar-refractivity contribution in [2.75, 3.05) is 36.8 Å². The minimum absolute atomic E-state index is 0.581. The van der Waals surface area contributed by atoms with Crippen molar-refractivity contribution in [1.29, 1.82) is 0 Å². The number of nitrogen functional groups attached to an aromatic ring is 1. The first-order chi connectivity index (χ1) is 11.6. The topological polar surface area (TPSA) is 74.1 Å². The summed E-state index contributed by atoms with van der Waals surface area (Å²) in [6.45, 7) is 8.73. The van der Waals surface area contributed by atoms with E-state index in [-0.39, 0.29) is 0 Å². The van der Waals surface area contributed by atoms with Crippen LogP contribution in [-0.4, -0.2) is 52.3 Å². The predicted octanol–water partition coefficient (Wildman–Crippen LogP) is 2.80. The number of H-pyrrole nitrogens is 1. The van der Waals surface area contributed by atoms with E-state index in [0.717, 1.165) is 42.3 Å². The number of piperazine rings is 1. The summed E-state index contributed by atoms with van der Waals surface area (Å²) in [7, 11) is 0. The minimum Gasteiger partial charge on any atom is -0.384 e. The number of aromatic amines is 1. The average molecular weight is 342 g/mol. The second kappa shape index (κ2) is 6.07. The van der Waals surface area contributed by atoms with Crippen molar-refractivity contribution in [2.45, 2.75) is 19.9 Å². The third-order valence-electron chi connectivity index (χ3n) is 4.63. The lowest BCUT2D eigenvalue weighted by atomic mass is 10.2. The number of pyridine rings is 1. The Bertz CT molecular complexity index is 830. The van der Waals surface area contributed by atoms with E-state index in [0.29, 0.717) is 11.9 Å². The van der Waals surface area contributed by atoms with Crippen LogP contribution in [0, 0.1) is 0 Å². The Morgan fingerprint density at radius 2 is 2.00 bits per heavy atom. The van der Waals surface area contributed by atoms with E-state index in [1.54, 1.807) is 17.5 Å². The van der Waals surface area contributed by atoms with Gasteiger partial charge >= 0.3 is 0 Å². The molecule has 1 aliphatic heterocycles. The molecule has 3 aromatic heterocycles. The monoisotopic (exact) mass is 342 g/mol. The van der Waals surface area contributed by atoms with E-state index in [4.69, 9.17) is 5.73 Å². The van der Waals surface area contributed by atoms with E-state index >= 15 is 0 Å². The van der Waals surface area contributed by atoms with Crippen molar-refractivity contribution < 1.29 is 0 Å². The van der Waals surface area contributed by atoms with Gasteiger partial charge in [0.1, 0.15) is 5.82 Å². The van der Waals surface area contributed by atoms with Crippen molar-refractivity contribution in [3.05, 3.63) is 24.4 Å². The fourth-order valence-corrected chi connectivity index (χ4v) is 4.38. The lowest BCUT2D eigenvalue weighted by Gasteiger charge is -2.38. The third kappa shape index (κ3) is 2.74. The molecule has 3 N–H and O–H groups in total. The highest BCUT2D eigenvalue weighted by atomic mass is 32.1. The summed E-state index contributed by atoms with van der Waals surface area (Å²) >= 11 is 1.75. The van der Waals surface area contributed by atoms with E-state index in [1.165, 1.54) is 10.4 Å². The standard InChI is InChI=1S/C17H22N6S/c1-11(2)22-5-7-23(8-6-22)14-10-16(18)20-13-9-15(24-17(13)14)12-3-4-19-21-12/h3-4,9-11H,5-8H2,1-2H3,(H2,18,20)(H,19,21). The molecule has 0 radical (unpaired) electrons. The molecule has 4 rings (SSSR count). The van der Waals surface area contributed by atoms with Gasteiger partial charge in [0, 0.05) is 44.5 Å². The Kier molecular flexibility index (Phi) is 3.90. The Morgan fingerprint density at radius 1 is 1.21 bits per heavy atom. The normalized spacial score (nSPS) is 16.4. The van der Waals surface area contributed by atoms with Crippen LogP contribution in [0.1, 0.15) is 13.8 Å². The summed E-state index contributed by atoms with van der Waals surface area (Å²) < 4.78 is 1.20. The molecule has 126 valence electrons. The molecule has 1 saturated heterocycles. The number of aromatic nitrogens is 3. The van der Waals surface area contributed by atoms with E-state index in [2.05, 4.69) is 44.9 Å². The molecular weight excluding hydrogens is 320 g/mol. The van der Waals surface area contributed by atoms with E-state index < -0.39 is 0 Å². The molecule has 1 aliphatic rings. The summed E-state index contributed by atoms with van der Waals surface area (Å²) in [6, 6.07) is 6.69. The fourth-order valence-electron chi connectivity index (χ4n) is 3.26. The second-order valence-corrected chi connectivity index (χ2v) is 7.53. The number of nitrogens with two attached hydrogens (primary N) is 1. The van der Waals surface area contributed by atoms with Gasteiger partial charge in [0.05, 0.1) is 26.5 Å². The van der Waals surface area contributed by atoms with Crippen LogP contribution in [0.4, 0.5) is 11.5 Å². The van der Waals surface area contributed by atoms with Gasteiger partial charge in [-0.05, 0) is 26.0 Å². The average Bonchev–Trinajstić information content (AvgIpc) is 3.23. The van der Waals surface area contributed by atoms with Crippen LogP contribution < -0.4 is 10.6 Å². The molecule has 0 unspecified atom stereocenters. The number of hydrogen-bond acceptors (Lipinski definition) is 6. The highest BCUT2D eigenvalue weighted by Crippen LogP contribution is 2.38. The third-order valence-corrected chi connectivity index (χ3v) is 5.81. The summed E-state index contributed by atoms with van der Waals surface area (Å²) in [4.78, 5) is 10.6. The molecule has 4 heterocycles. The highest BCUT2D eigenvalue weighted by molar-refractivity contribution is 7.22. The fraction of sp³-hybridized carbons (Fsp3) is 0.412. The van der Waals surface area contributed by atoms with Crippen LogP contribution >= 0.6 is 11.3 Å². The van der Waals surface area contributed by atoms with E-state index in [1.807, 2.05) is 12.1 Å². The largest absolute Gasteiger partial charge is 0.384 e. The van der Waals surface area contributed by atoms with Crippen molar-refractivity contribution in [3.63, 3.8) is 0 Å². The first-order valence-electron chi connectivity index (χ1n) is 8.30. The maximum Gasteiger partial charge on any atom is 0.126 e. The predicted molar refractivity (Wildman–Crippen MR) is 101 cm³/mol. The summed E-state index contributed by atoms with van der Waals surface area (Å²) in [5.41, 5.74) is 9.26. The first-order valence-corrected chi connectivity index (χ1v) is 9.12. The molecule has 24 heavy (non-hydrogen) atoms.